The molecule has 0 aliphatic rings. The molecule has 1 aromatic carbocycles. The summed E-state index contributed by atoms with van der Waals surface area (Å²) < 4.78 is 4.69. The van der Waals surface area contributed by atoms with Gasteiger partial charge in [0.2, 0.25) is 11.5 Å². The Kier molecular flexibility index (Phi) is 4.59. The molecule has 0 saturated carbocycles. The second-order valence-electron chi connectivity index (χ2n) is 4.29. The van der Waals surface area contributed by atoms with Gasteiger partial charge in [-0.25, -0.2) is 0 Å². The van der Waals surface area contributed by atoms with Crippen LogP contribution in [0.2, 0.25) is 5.02 Å². The number of aromatic nitrogens is 1. The van der Waals surface area contributed by atoms with Gasteiger partial charge in [0.05, 0.1) is 17.3 Å². The zero-order valence-electron chi connectivity index (χ0n) is 11.2. The van der Waals surface area contributed by atoms with Crippen LogP contribution in [0.5, 0.6) is 0 Å². The van der Waals surface area contributed by atoms with E-state index in [2.05, 4.69) is 15.0 Å². The normalized spacial score (nSPS) is 10.4. The summed E-state index contributed by atoms with van der Waals surface area (Å²) in [5.74, 6) is -1.14. The number of pyridine rings is 1. The van der Waals surface area contributed by atoms with Crippen LogP contribution in [-0.4, -0.2) is 23.5 Å². The Labute approximate surface area is 125 Å². The van der Waals surface area contributed by atoms with E-state index in [1.165, 1.54) is 12.3 Å². The van der Waals surface area contributed by atoms with Gasteiger partial charge >= 0.3 is 5.97 Å². The SMILES string of the molecule is CCOC(=O)CC(=O)Nc1cc2cc(=O)[nH]cc2cc1Cl. The van der Waals surface area contributed by atoms with E-state index in [0.29, 0.717) is 16.1 Å². The molecule has 0 fully saturated rings. The number of H-pyrrole nitrogens is 1. The fourth-order valence-electron chi connectivity index (χ4n) is 1.82. The van der Waals surface area contributed by atoms with E-state index in [0.717, 1.165) is 5.39 Å². The highest BCUT2D eigenvalue weighted by atomic mass is 35.5. The van der Waals surface area contributed by atoms with Crippen molar-refractivity contribution in [2.45, 2.75) is 13.3 Å². The molecule has 21 heavy (non-hydrogen) atoms. The molecule has 1 aromatic heterocycles. The van der Waals surface area contributed by atoms with Crippen LogP contribution in [0, 0.1) is 0 Å². The number of carbonyl (C=O) groups excluding carboxylic acids is 2. The van der Waals surface area contributed by atoms with Crippen molar-refractivity contribution in [3.05, 3.63) is 39.8 Å². The second-order valence-corrected chi connectivity index (χ2v) is 4.70. The number of hydrogen-bond donors (Lipinski definition) is 2. The molecule has 0 radical (unpaired) electrons. The lowest BCUT2D eigenvalue weighted by Crippen LogP contribution is -2.18. The number of ether oxygens (including phenoxy) is 1. The van der Waals surface area contributed by atoms with Crippen LogP contribution in [-0.2, 0) is 14.3 Å². The lowest BCUT2D eigenvalue weighted by Gasteiger charge is -2.08. The average molecular weight is 309 g/mol. The number of anilines is 1. The Bertz CT molecular complexity index is 754. The van der Waals surface area contributed by atoms with E-state index in [4.69, 9.17) is 11.6 Å². The van der Waals surface area contributed by atoms with Crippen molar-refractivity contribution in [1.29, 1.82) is 0 Å². The first-order valence-electron chi connectivity index (χ1n) is 6.27. The zero-order valence-corrected chi connectivity index (χ0v) is 12.0. The first kappa shape index (κ1) is 15.1. The Morgan fingerprint density at radius 3 is 2.76 bits per heavy atom. The summed E-state index contributed by atoms with van der Waals surface area (Å²) in [5, 5.41) is 4.21. The number of hydrogen-bond acceptors (Lipinski definition) is 4. The molecule has 0 bridgehead atoms. The van der Waals surface area contributed by atoms with E-state index in [1.54, 1.807) is 19.1 Å². The van der Waals surface area contributed by atoms with Crippen molar-refractivity contribution in [1.82, 2.24) is 4.98 Å². The number of carbonyl (C=O) groups is 2. The predicted octanol–water partition coefficient (Wildman–Crippen LogP) is 2.07. The van der Waals surface area contributed by atoms with Crippen molar-refractivity contribution >= 4 is 39.9 Å². The molecule has 0 atom stereocenters. The van der Waals surface area contributed by atoms with Crippen molar-refractivity contribution in [2.75, 3.05) is 11.9 Å². The van der Waals surface area contributed by atoms with Crippen LogP contribution in [0.25, 0.3) is 10.8 Å². The molecule has 0 aliphatic heterocycles. The minimum Gasteiger partial charge on any atom is -0.466 e. The topological polar surface area (TPSA) is 88.3 Å². The highest BCUT2D eigenvalue weighted by molar-refractivity contribution is 6.34. The Morgan fingerprint density at radius 2 is 2.05 bits per heavy atom. The lowest BCUT2D eigenvalue weighted by atomic mass is 10.1. The van der Waals surface area contributed by atoms with Crippen LogP contribution in [0.1, 0.15) is 13.3 Å². The highest BCUT2D eigenvalue weighted by Gasteiger charge is 2.12. The number of fused-ring (bicyclic) bond motifs is 1. The number of nitrogens with one attached hydrogen (secondary N) is 2. The second kappa shape index (κ2) is 6.41. The van der Waals surface area contributed by atoms with Gasteiger partial charge in [-0.05, 0) is 29.8 Å². The Morgan fingerprint density at radius 1 is 1.29 bits per heavy atom. The van der Waals surface area contributed by atoms with E-state index in [9.17, 15) is 14.4 Å². The number of esters is 1. The van der Waals surface area contributed by atoms with E-state index < -0.39 is 18.3 Å². The van der Waals surface area contributed by atoms with Gasteiger partial charge in [0, 0.05) is 12.3 Å². The maximum atomic E-state index is 11.7. The summed E-state index contributed by atoms with van der Waals surface area (Å²) in [6.07, 6.45) is 1.14. The summed E-state index contributed by atoms with van der Waals surface area (Å²) in [4.78, 5) is 36.8. The third kappa shape index (κ3) is 3.82. The molecular formula is C14H13ClN2O4. The van der Waals surface area contributed by atoms with Gasteiger partial charge in [-0.2, -0.15) is 0 Å². The van der Waals surface area contributed by atoms with E-state index in [1.807, 2.05) is 0 Å². The van der Waals surface area contributed by atoms with Crippen LogP contribution < -0.4 is 10.9 Å². The van der Waals surface area contributed by atoms with Gasteiger partial charge in [0.25, 0.3) is 0 Å². The van der Waals surface area contributed by atoms with Crippen molar-refractivity contribution in [3.63, 3.8) is 0 Å². The molecule has 1 amide bonds. The molecule has 0 aliphatic carbocycles. The number of benzene rings is 1. The van der Waals surface area contributed by atoms with E-state index in [-0.39, 0.29) is 12.2 Å². The number of halogens is 1. The monoisotopic (exact) mass is 308 g/mol. The number of aromatic amines is 1. The van der Waals surface area contributed by atoms with Gasteiger partial charge in [0.1, 0.15) is 6.42 Å². The maximum Gasteiger partial charge on any atom is 0.315 e. The summed E-state index contributed by atoms with van der Waals surface area (Å²) >= 11 is 6.06. The predicted molar refractivity (Wildman–Crippen MR) is 79.5 cm³/mol. The molecule has 1 heterocycles. The summed E-state index contributed by atoms with van der Waals surface area (Å²) in [7, 11) is 0. The molecule has 2 aromatic rings. The van der Waals surface area contributed by atoms with Crippen LogP contribution >= 0.6 is 11.6 Å². The summed E-state index contributed by atoms with van der Waals surface area (Å²) in [6, 6.07) is 4.59. The molecular weight excluding hydrogens is 296 g/mol. The van der Waals surface area contributed by atoms with Gasteiger partial charge in [-0.15, -0.1) is 0 Å². The van der Waals surface area contributed by atoms with Crippen LogP contribution in [0.3, 0.4) is 0 Å². The molecule has 2 N–H and O–H groups in total. The fraction of sp³-hybridized carbons (Fsp3) is 0.214. The molecule has 2 rings (SSSR count). The van der Waals surface area contributed by atoms with Crippen molar-refractivity contribution in [2.24, 2.45) is 0 Å². The van der Waals surface area contributed by atoms with E-state index >= 15 is 0 Å². The molecule has 6 nitrogen and oxygen atoms in total. The van der Waals surface area contributed by atoms with Gasteiger partial charge in [0.15, 0.2) is 0 Å². The summed E-state index contributed by atoms with van der Waals surface area (Å²) in [5.41, 5.74) is 0.0812. The quantitative estimate of drug-likeness (QED) is 0.668. The average Bonchev–Trinajstić information content (AvgIpc) is 2.40. The minimum atomic E-state index is -0.608. The molecule has 7 heteroatoms. The van der Waals surface area contributed by atoms with Crippen LogP contribution in [0.4, 0.5) is 5.69 Å². The highest BCUT2D eigenvalue weighted by Crippen LogP contribution is 2.27. The fourth-order valence-corrected chi connectivity index (χ4v) is 2.04. The van der Waals surface area contributed by atoms with Gasteiger partial charge < -0.3 is 15.0 Å². The molecule has 0 saturated heterocycles. The zero-order chi connectivity index (χ0) is 15.4. The van der Waals surface area contributed by atoms with Crippen molar-refractivity contribution in [3.8, 4) is 0 Å². The first-order chi connectivity index (χ1) is 9.99. The Hall–Kier alpha value is -2.34. The lowest BCUT2D eigenvalue weighted by molar-refractivity contribution is -0.145. The standard InChI is InChI=1S/C14H13ClN2O4/c1-2-21-14(20)6-13(19)17-11-4-8-5-12(18)16-7-9(8)3-10(11)15/h3-5,7H,2,6H2,1H3,(H,16,18)(H,17,19). The molecule has 0 spiro atoms. The van der Waals surface area contributed by atoms with Gasteiger partial charge in [-0.3, -0.25) is 14.4 Å². The van der Waals surface area contributed by atoms with Gasteiger partial charge in [-0.1, -0.05) is 11.6 Å². The summed E-state index contributed by atoms with van der Waals surface area (Å²) in [6.45, 7) is 1.87. The molecule has 0 unspecified atom stereocenters. The number of rotatable bonds is 4. The minimum absolute atomic E-state index is 0.214. The number of amides is 1. The first-order valence-corrected chi connectivity index (χ1v) is 6.65. The Balaban J connectivity index is 2.21. The maximum absolute atomic E-state index is 11.7. The van der Waals surface area contributed by atoms with Crippen molar-refractivity contribution < 1.29 is 14.3 Å². The van der Waals surface area contributed by atoms with Crippen LogP contribution in [0.15, 0.2) is 29.2 Å². The smallest absolute Gasteiger partial charge is 0.315 e. The largest absolute Gasteiger partial charge is 0.466 e. The third-order valence-electron chi connectivity index (χ3n) is 2.71. The third-order valence-corrected chi connectivity index (χ3v) is 3.03. The molecule has 110 valence electrons.